The Labute approximate surface area is 186 Å². The fourth-order valence-corrected chi connectivity index (χ4v) is 3.85. The summed E-state index contributed by atoms with van der Waals surface area (Å²) in [5, 5.41) is 14.7. The van der Waals surface area contributed by atoms with Gasteiger partial charge in [-0.25, -0.2) is 0 Å². The van der Waals surface area contributed by atoms with Crippen LogP contribution in [0.15, 0.2) is 41.6 Å². The van der Waals surface area contributed by atoms with Crippen LogP contribution >= 0.6 is 11.8 Å². The summed E-state index contributed by atoms with van der Waals surface area (Å²) in [6, 6.07) is 11.7. The van der Waals surface area contributed by atoms with E-state index in [4.69, 9.17) is 0 Å². The smallest absolute Gasteiger partial charge is 0.234 e. The molecule has 0 atom stereocenters. The van der Waals surface area contributed by atoms with Gasteiger partial charge in [-0.05, 0) is 56.5 Å². The van der Waals surface area contributed by atoms with Crippen molar-refractivity contribution in [2.75, 3.05) is 16.4 Å². The molecule has 1 aromatic heterocycles. The van der Waals surface area contributed by atoms with Crippen LogP contribution in [-0.4, -0.2) is 32.3 Å². The molecule has 31 heavy (non-hydrogen) atoms. The number of hydrogen-bond donors (Lipinski definition) is 2. The second-order valence-electron chi connectivity index (χ2n) is 7.59. The minimum Gasteiger partial charge on any atom is -0.325 e. The summed E-state index contributed by atoms with van der Waals surface area (Å²) in [5.41, 5.74) is 5.94. The molecule has 0 aliphatic heterocycles. The standard InChI is InChI=1S/C23H27N5O2S/c1-14-9-10-18(16(3)11-14)24-21(29)12-20-26-27-23(28(20)5)31-13-22(30)25-19-8-6-7-15(2)17(19)4/h6-11H,12-13H2,1-5H3,(H,24,29)(H,25,30). The van der Waals surface area contributed by atoms with Gasteiger partial charge < -0.3 is 15.2 Å². The molecule has 0 fully saturated rings. The van der Waals surface area contributed by atoms with Crippen LogP contribution in [0.1, 0.15) is 28.1 Å². The predicted molar refractivity (Wildman–Crippen MR) is 125 cm³/mol. The van der Waals surface area contributed by atoms with Gasteiger partial charge in [-0.2, -0.15) is 0 Å². The molecule has 0 saturated carbocycles. The highest BCUT2D eigenvalue weighted by atomic mass is 32.2. The van der Waals surface area contributed by atoms with Crippen LogP contribution in [0.3, 0.4) is 0 Å². The van der Waals surface area contributed by atoms with Gasteiger partial charge >= 0.3 is 0 Å². The monoisotopic (exact) mass is 437 g/mol. The zero-order valence-corrected chi connectivity index (χ0v) is 19.3. The van der Waals surface area contributed by atoms with E-state index in [0.717, 1.165) is 33.6 Å². The van der Waals surface area contributed by atoms with Gasteiger partial charge in [-0.15, -0.1) is 10.2 Å². The summed E-state index contributed by atoms with van der Waals surface area (Å²) in [6.45, 7) is 7.97. The first-order valence-corrected chi connectivity index (χ1v) is 11.0. The normalized spacial score (nSPS) is 10.7. The van der Waals surface area contributed by atoms with Gasteiger partial charge in [0.15, 0.2) is 5.16 Å². The Morgan fingerprint density at radius 1 is 0.935 bits per heavy atom. The van der Waals surface area contributed by atoms with Crippen LogP contribution in [0.25, 0.3) is 0 Å². The van der Waals surface area contributed by atoms with Crippen molar-refractivity contribution in [1.82, 2.24) is 14.8 Å². The number of rotatable bonds is 7. The molecule has 8 heteroatoms. The Kier molecular flexibility index (Phi) is 7.12. The van der Waals surface area contributed by atoms with Crippen LogP contribution in [0.2, 0.25) is 0 Å². The van der Waals surface area contributed by atoms with Crippen molar-refractivity contribution in [3.8, 4) is 0 Å². The highest BCUT2D eigenvalue weighted by molar-refractivity contribution is 7.99. The number of carbonyl (C=O) groups excluding carboxylic acids is 2. The van der Waals surface area contributed by atoms with Crippen molar-refractivity contribution in [3.63, 3.8) is 0 Å². The van der Waals surface area contributed by atoms with Crippen LogP contribution in [0, 0.1) is 27.7 Å². The van der Waals surface area contributed by atoms with E-state index < -0.39 is 0 Å². The molecule has 0 unspecified atom stereocenters. The van der Waals surface area contributed by atoms with Crippen molar-refractivity contribution in [2.24, 2.45) is 7.05 Å². The van der Waals surface area contributed by atoms with E-state index in [-0.39, 0.29) is 24.0 Å². The molecule has 0 spiro atoms. The fraction of sp³-hybridized carbons (Fsp3) is 0.304. The van der Waals surface area contributed by atoms with E-state index in [1.807, 2.05) is 64.1 Å². The van der Waals surface area contributed by atoms with E-state index in [1.54, 1.807) is 11.6 Å². The van der Waals surface area contributed by atoms with Crippen molar-refractivity contribution < 1.29 is 9.59 Å². The lowest BCUT2D eigenvalue weighted by Crippen LogP contribution is -2.18. The molecule has 2 N–H and O–H groups in total. The highest BCUT2D eigenvalue weighted by Gasteiger charge is 2.15. The molecule has 7 nitrogen and oxygen atoms in total. The van der Waals surface area contributed by atoms with Gasteiger partial charge in [0.05, 0.1) is 12.2 Å². The molecule has 3 rings (SSSR count). The van der Waals surface area contributed by atoms with Gasteiger partial charge in [0, 0.05) is 18.4 Å². The number of hydrogen-bond acceptors (Lipinski definition) is 5. The van der Waals surface area contributed by atoms with Crippen LogP contribution in [0.5, 0.6) is 0 Å². The zero-order chi connectivity index (χ0) is 22.5. The first kappa shape index (κ1) is 22.6. The molecular weight excluding hydrogens is 410 g/mol. The average Bonchev–Trinajstić information content (AvgIpc) is 3.05. The number of carbonyl (C=O) groups is 2. The SMILES string of the molecule is Cc1ccc(NC(=O)Cc2nnc(SCC(=O)Nc3cccc(C)c3C)n2C)c(C)c1. The summed E-state index contributed by atoms with van der Waals surface area (Å²) in [7, 11) is 1.80. The lowest BCUT2D eigenvalue weighted by atomic mass is 10.1. The van der Waals surface area contributed by atoms with Crippen molar-refractivity contribution >= 4 is 35.0 Å². The maximum absolute atomic E-state index is 12.4. The van der Waals surface area contributed by atoms with Crippen LogP contribution < -0.4 is 10.6 Å². The van der Waals surface area contributed by atoms with E-state index in [9.17, 15) is 9.59 Å². The molecular formula is C23H27N5O2S. The number of nitrogens with one attached hydrogen (secondary N) is 2. The van der Waals surface area contributed by atoms with Crippen molar-refractivity contribution in [1.29, 1.82) is 0 Å². The first-order valence-electron chi connectivity index (χ1n) is 9.99. The van der Waals surface area contributed by atoms with Crippen LogP contribution in [-0.2, 0) is 23.1 Å². The summed E-state index contributed by atoms with van der Waals surface area (Å²) in [5.74, 6) is 0.468. The zero-order valence-electron chi connectivity index (χ0n) is 18.4. The van der Waals surface area contributed by atoms with E-state index in [1.165, 1.54) is 11.8 Å². The third-order valence-electron chi connectivity index (χ3n) is 5.11. The molecule has 0 aliphatic rings. The van der Waals surface area contributed by atoms with Crippen molar-refractivity contribution in [2.45, 2.75) is 39.3 Å². The minimum atomic E-state index is -0.160. The minimum absolute atomic E-state index is 0.103. The maximum atomic E-state index is 12.4. The maximum Gasteiger partial charge on any atom is 0.234 e. The number of aryl methyl sites for hydroxylation is 3. The fourth-order valence-electron chi connectivity index (χ4n) is 3.12. The first-order chi connectivity index (χ1) is 14.7. The molecule has 162 valence electrons. The Morgan fingerprint density at radius 2 is 1.68 bits per heavy atom. The third-order valence-corrected chi connectivity index (χ3v) is 6.13. The number of amides is 2. The summed E-state index contributed by atoms with van der Waals surface area (Å²) in [4.78, 5) is 24.8. The van der Waals surface area contributed by atoms with E-state index in [0.29, 0.717) is 11.0 Å². The largest absolute Gasteiger partial charge is 0.325 e. The van der Waals surface area contributed by atoms with Gasteiger partial charge in [-0.1, -0.05) is 41.6 Å². The molecule has 2 amide bonds. The molecule has 0 radical (unpaired) electrons. The number of benzene rings is 2. The second-order valence-corrected chi connectivity index (χ2v) is 8.53. The number of nitrogens with zero attached hydrogens (tertiary/aromatic N) is 3. The number of anilines is 2. The lowest BCUT2D eigenvalue weighted by Gasteiger charge is -2.10. The van der Waals surface area contributed by atoms with Gasteiger partial charge in [0.1, 0.15) is 5.82 Å². The highest BCUT2D eigenvalue weighted by Crippen LogP contribution is 2.21. The molecule has 0 bridgehead atoms. The van der Waals surface area contributed by atoms with E-state index in [2.05, 4.69) is 20.8 Å². The van der Waals surface area contributed by atoms with Gasteiger partial charge in [0.2, 0.25) is 11.8 Å². The third kappa shape index (κ3) is 5.73. The van der Waals surface area contributed by atoms with Crippen molar-refractivity contribution in [3.05, 3.63) is 64.5 Å². The van der Waals surface area contributed by atoms with Crippen LogP contribution in [0.4, 0.5) is 11.4 Å². The summed E-state index contributed by atoms with van der Waals surface area (Å²) >= 11 is 1.29. The lowest BCUT2D eigenvalue weighted by molar-refractivity contribution is -0.116. The quantitative estimate of drug-likeness (QED) is 0.546. The molecule has 1 heterocycles. The Hall–Kier alpha value is -3.13. The molecule has 0 saturated heterocycles. The topological polar surface area (TPSA) is 88.9 Å². The summed E-state index contributed by atoms with van der Waals surface area (Å²) < 4.78 is 1.75. The Morgan fingerprint density at radius 3 is 2.42 bits per heavy atom. The summed E-state index contributed by atoms with van der Waals surface area (Å²) in [6.07, 6.45) is 0.103. The van der Waals surface area contributed by atoms with Gasteiger partial charge in [0.25, 0.3) is 0 Å². The number of thioether (sulfide) groups is 1. The average molecular weight is 438 g/mol. The predicted octanol–water partition coefficient (Wildman–Crippen LogP) is 3.96. The molecule has 2 aromatic carbocycles. The Bertz CT molecular complexity index is 1120. The Balaban J connectivity index is 1.56. The second kappa shape index (κ2) is 9.78. The van der Waals surface area contributed by atoms with Gasteiger partial charge in [-0.3, -0.25) is 9.59 Å². The number of aromatic nitrogens is 3. The molecule has 3 aromatic rings. The molecule has 0 aliphatic carbocycles. The van der Waals surface area contributed by atoms with E-state index >= 15 is 0 Å².